The molecule has 0 radical (unpaired) electrons. The van der Waals surface area contributed by atoms with Crippen LogP contribution in [0, 0.1) is 0 Å². The quantitative estimate of drug-likeness (QED) is 0.900. The molecule has 4 nitrogen and oxygen atoms in total. The van der Waals surface area contributed by atoms with Crippen LogP contribution in [-0.2, 0) is 0 Å². The molecule has 2 aromatic heterocycles. The number of aromatic nitrogens is 3. The van der Waals surface area contributed by atoms with Gasteiger partial charge in [-0.25, -0.2) is 9.97 Å². The maximum absolute atomic E-state index is 5.79. The van der Waals surface area contributed by atoms with E-state index < -0.39 is 0 Å². The first-order valence-corrected chi connectivity index (χ1v) is 4.49. The van der Waals surface area contributed by atoms with Crippen molar-refractivity contribution in [3.05, 3.63) is 42.6 Å². The molecule has 2 N–H and O–H groups in total. The summed E-state index contributed by atoms with van der Waals surface area (Å²) >= 11 is 0. The monoisotopic (exact) mass is 260 g/mol. The molecular weight excluding hydrogens is 247 g/mol. The summed E-state index contributed by atoms with van der Waals surface area (Å²) in [6, 6.07) is 5.65. The lowest BCUT2D eigenvalue weighted by molar-refractivity contribution is 0.714. The van der Waals surface area contributed by atoms with Crippen LogP contribution in [0.15, 0.2) is 36.8 Å². The van der Waals surface area contributed by atoms with Crippen LogP contribution in [0.25, 0.3) is 5.82 Å². The van der Waals surface area contributed by atoms with Crippen LogP contribution in [-0.4, -0.2) is 14.5 Å². The fourth-order valence-corrected chi connectivity index (χ4v) is 1.34. The van der Waals surface area contributed by atoms with E-state index >= 15 is 0 Å². The first-order chi connectivity index (χ1) is 6.79. The van der Waals surface area contributed by atoms with Gasteiger partial charge in [0.15, 0.2) is 0 Å². The van der Waals surface area contributed by atoms with Crippen molar-refractivity contribution in [2.24, 2.45) is 5.73 Å². The van der Waals surface area contributed by atoms with E-state index in [1.165, 1.54) is 0 Å². The number of nitrogens with zero attached hydrogens (tertiary/aromatic N) is 3. The molecule has 0 aliphatic carbocycles. The Kier molecular flexibility index (Phi) is 6.03. The molecule has 2 rings (SSSR count). The molecule has 2 aromatic rings. The molecule has 1 unspecified atom stereocenters. The van der Waals surface area contributed by atoms with Gasteiger partial charge >= 0.3 is 0 Å². The lowest BCUT2D eigenvalue weighted by atomic mass is 10.3. The predicted molar refractivity (Wildman–Crippen MR) is 68.5 cm³/mol. The molecule has 0 aromatic carbocycles. The molecule has 6 heteroatoms. The Bertz CT molecular complexity index is 414. The number of halogens is 2. The van der Waals surface area contributed by atoms with E-state index in [-0.39, 0.29) is 30.9 Å². The van der Waals surface area contributed by atoms with Crippen LogP contribution in [0.2, 0.25) is 0 Å². The van der Waals surface area contributed by atoms with Gasteiger partial charge in [0.25, 0.3) is 0 Å². The molecule has 0 saturated carbocycles. The third-order valence-electron chi connectivity index (χ3n) is 1.97. The topological polar surface area (TPSA) is 56.7 Å². The van der Waals surface area contributed by atoms with Gasteiger partial charge in [0.1, 0.15) is 11.6 Å². The van der Waals surface area contributed by atoms with Crippen molar-refractivity contribution in [2.45, 2.75) is 13.0 Å². The number of rotatable bonds is 2. The van der Waals surface area contributed by atoms with Crippen molar-refractivity contribution in [1.29, 1.82) is 0 Å². The van der Waals surface area contributed by atoms with Crippen LogP contribution >= 0.6 is 24.8 Å². The molecule has 16 heavy (non-hydrogen) atoms. The highest BCUT2D eigenvalue weighted by molar-refractivity contribution is 5.85. The van der Waals surface area contributed by atoms with Crippen LogP contribution in [0.1, 0.15) is 18.8 Å². The highest BCUT2D eigenvalue weighted by Gasteiger charge is 2.08. The van der Waals surface area contributed by atoms with Gasteiger partial charge in [-0.15, -0.1) is 24.8 Å². The number of imidazole rings is 1. The second-order valence-corrected chi connectivity index (χ2v) is 3.13. The van der Waals surface area contributed by atoms with Crippen LogP contribution in [0.3, 0.4) is 0 Å². The molecule has 88 valence electrons. The fourth-order valence-electron chi connectivity index (χ4n) is 1.34. The Morgan fingerprint density at radius 1 is 1.19 bits per heavy atom. The molecular formula is C10H14Cl2N4. The zero-order valence-electron chi connectivity index (χ0n) is 8.78. The number of pyridine rings is 1. The lowest BCUT2D eigenvalue weighted by Gasteiger charge is -2.08. The number of nitrogens with two attached hydrogens (primary N) is 1. The van der Waals surface area contributed by atoms with Crippen LogP contribution in [0.4, 0.5) is 0 Å². The second kappa shape index (κ2) is 6.48. The van der Waals surface area contributed by atoms with Gasteiger partial charge in [0.05, 0.1) is 6.04 Å². The molecule has 0 bridgehead atoms. The van der Waals surface area contributed by atoms with E-state index in [2.05, 4.69) is 9.97 Å². The van der Waals surface area contributed by atoms with Crippen molar-refractivity contribution >= 4 is 24.8 Å². The van der Waals surface area contributed by atoms with Crippen molar-refractivity contribution in [3.63, 3.8) is 0 Å². The molecule has 0 amide bonds. The summed E-state index contributed by atoms with van der Waals surface area (Å²) in [5.41, 5.74) is 5.79. The van der Waals surface area contributed by atoms with E-state index in [1.54, 1.807) is 12.4 Å². The van der Waals surface area contributed by atoms with E-state index in [1.807, 2.05) is 35.9 Å². The zero-order valence-corrected chi connectivity index (χ0v) is 10.4. The normalized spacial score (nSPS) is 11.1. The highest BCUT2D eigenvalue weighted by Crippen LogP contribution is 2.11. The van der Waals surface area contributed by atoms with Gasteiger partial charge in [-0.2, -0.15) is 0 Å². The van der Waals surface area contributed by atoms with Gasteiger partial charge in [-0.3, -0.25) is 4.57 Å². The third-order valence-corrected chi connectivity index (χ3v) is 1.97. The lowest BCUT2D eigenvalue weighted by Crippen LogP contribution is -2.12. The molecule has 0 fully saturated rings. The van der Waals surface area contributed by atoms with Gasteiger partial charge in [0, 0.05) is 18.6 Å². The van der Waals surface area contributed by atoms with E-state index in [0.717, 1.165) is 11.6 Å². The van der Waals surface area contributed by atoms with Gasteiger partial charge < -0.3 is 5.73 Å². The molecule has 2 heterocycles. The Hall–Kier alpha value is -1.10. The standard InChI is InChI=1S/C10H12N4.2ClH/c1-8(11)10-13-6-7-14(10)9-4-2-3-5-12-9;;/h2-8H,11H2,1H3;2*1H. The highest BCUT2D eigenvalue weighted by atomic mass is 35.5. The van der Waals surface area contributed by atoms with Crippen molar-refractivity contribution in [2.75, 3.05) is 0 Å². The zero-order chi connectivity index (χ0) is 9.97. The molecule has 0 aliphatic heterocycles. The van der Waals surface area contributed by atoms with E-state index in [9.17, 15) is 0 Å². The number of hydrogen-bond acceptors (Lipinski definition) is 3. The minimum atomic E-state index is -0.0907. The van der Waals surface area contributed by atoms with Crippen LogP contribution in [0.5, 0.6) is 0 Å². The maximum atomic E-state index is 5.79. The Morgan fingerprint density at radius 2 is 1.94 bits per heavy atom. The first kappa shape index (κ1) is 14.9. The van der Waals surface area contributed by atoms with E-state index in [0.29, 0.717) is 0 Å². The van der Waals surface area contributed by atoms with Crippen LogP contribution < -0.4 is 5.73 Å². The summed E-state index contributed by atoms with van der Waals surface area (Å²) < 4.78 is 1.89. The summed E-state index contributed by atoms with van der Waals surface area (Å²) in [6.45, 7) is 1.90. The molecule has 0 spiro atoms. The Balaban J connectivity index is 0.00000112. The molecule has 1 atom stereocenters. The third kappa shape index (κ3) is 2.95. The second-order valence-electron chi connectivity index (χ2n) is 3.13. The average molecular weight is 261 g/mol. The van der Waals surface area contributed by atoms with Gasteiger partial charge in [-0.1, -0.05) is 6.07 Å². The summed E-state index contributed by atoms with van der Waals surface area (Å²) in [6.07, 6.45) is 5.34. The number of hydrogen-bond donors (Lipinski definition) is 1. The van der Waals surface area contributed by atoms with Gasteiger partial charge in [0.2, 0.25) is 0 Å². The maximum Gasteiger partial charge on any atom is 0.138 e. The first-order valence-electron chi connectivity index (χ1n) is 4.49. The van der Waals surface area contributed by atoms with Crippen molar-refractivity contribution < 1.29 is 0 Å². The average Bonchev–Trinajstić information content (AvgIpc) is 2.67. The largest absolute Gasteiger partial charge is 0.322 e. The summed E-state index contributed by atoms with van der Waals surface area (Å²) in [5.74, 6) is 1.67. The predicted octanol–water partition coefficient (Wildman–Crippen LogP) is 2.13. The van der Waals surface area contributed by atoms with E-state index in [4.69, 9.17) is 5.73 Å². The summed E-state index contributed by atoms with van der Waals surface area (Å²) in [7, 11) is 0. The fraction of sp³-hybridized carbons (Fsp3) is 0.200. The smallest absolute Gasteiger partial charge is 0.138 e. The van der Waals surface area contributed by atoms with Crippen molar-refractivity contribution in [3.8, 4) is 5.82 Å². The Labute approximate surface area is 107 Å². The summed E-state index contributed by atoms with van der Waals surface area (Å²) in [4.78, 5) is 8.42. The summed E-state index contributed by atoms with van der Waals surface area (Å²) in [5, 5.41) is 0. The minimum absolute atomic E-state index is 0. The van der Waals surface area contributed by atoms with Gasteiger partial charge in [-0.05, 0) is 19.1 Å². The van der Waals surface area contributed by atoms with Crippen molar-refractivity contribution in [1.82, 2.24) is 14.5 Å². The Morgan fingerprint density at radius 3 is 2.50 bits per heavy atom. The molecule has 0 aliphatic rings. The SMILES string of the molecule is CC(N)c1nccn1-c1ccccn1.Cl.Cl. The minimum Gasteiger partial charge on any atom is -0.322 e. The molecule has 0 saturated heterocycles.